The van der Waals surface area contributed by atoms with Crippen LogP contribution in [-0.4, -0.2) is 44.9 Å². The van der Waals surface area contributed by atoms with Gasteiger partial charge in [-0.05, 0) is 43.3 Å². The van der Waals surface area contributed by atoms with Gasteiger partial charge in [0.15, 0.2) is 0 Å². The Labute approximate surface area is 237 Å². The number of halogens is 2. The van der Waals surface area contributed by atoms with Gasteiger partial charge in [0.1, 0.15) is 23.4 Å². The van der Waals surface area contributed by atoms with Crippen molar-refractivity contribution in [3.63, 3.8) is 0 Å². The molecule has 10 heteroatoms. The first-order valence-corrected chi connectivity index (χ1v) is 12.7. The highest BCUT2D eigenvalue weighted by molar-refractivity contribution is 6.33. The molecule has 0 spiro atoms. The zero-order valence-electron chi connectivity index (χ0n) is 21.9. The van der Waals surface area contributed by atoms with Gasteiger partial charge in [0.05, 0.1) is 45.2 Å². The van der Waals surface area contributed by atoms with Gasteiger partial charge in [-0.2, -0.15) is 0 Å². The second kappa shape index (κ2) is 13.9. The summed E-state index contributed by atoms with van der Waals surface area (Å²) in [4.78, 5) is 26.9. The molecule has 8 nitrogen and oxygen atoms in total. The Morgan fingerprint density at radius 2 is 1.67 bits per heavy atom. The van der Waals surface area contributed by atoms with Crippen LogP contribution in [0.15, 0.2) is 66.7 Å². The van der Waals surface area contributed by atoms with Gasteiger partial charge in [0.25, 0.3) is 5.91 Å². The number of hydrogen-bond donors (Lipinski definition) is 1. The SMILES string of the molecule is CCOC(=O)C=CC(=O)N(Cc1ccc(OC)cc1OC)c1ccc(Cl)cc1C(O)c1cccc(OC)c1Cl. The number of amides is 1. The van der Waals surface area contributed by atoms with E-state index in [2.05, 4.69) is 0 Å². The number of carbonyl (C=O) groups is 2. The molecule has 0 aromatic heterocycles. The number of rotatable bonds is 11. The van der Waals surface area contributed by atoms with E-state index < -0.39 is 18.0 Å². The monoisotopic (exact) mass is 573 g/mol. The third-order valence-corrected chi connectivity index (χ3v) is 6.46. The fraction of sp³-hybridized carbons (Fsp3) is 0.241. The molecule has 0 heterocycles. The van der Waals surface area contributed by atoms with Crippen LogP contribution in [-0.2, 0) is 20.9 Å². The van der Waals surface area contributed by atoms with E-state index in [0.29, 0.717) is 44.6 Å². The number of methoxy groups -OCH3 is 3. The maximum atomic E-state index is 13.5. The van der Waals surface area contributed by atoms with Crippen molar-refractivity contribution in [2.75, 3.05) is 32.8 Å². The highest BCUT2D eigenvalue weighted by Crippen LogP contribution is 2.40. The summed E-state index contributed by atoms with van der Waals surface area (Å²) in [6, 6.07) is 15.0. The molecule has 0 radical (unpaired) electrons. The van der Waals surface area contributed by atoms with Gasteiger partial charge in [0, 0.05) is 39.9 Å². The molecule has 39 heavy (non-hydrogen) atoms. The van der Waals surface area contributed by atoms with Gasteiger partial charge >= 0.3 is 5.97 Å². The first-order chi connectivity index (χ1) is 18.7. The molecule has 1 amide bonds. The number of benzene rings is 3. The predicted molar refractivity (Wildman–Crippen MR) is 150 cm³/mol. The van der Waals surface area contributed by atoms with Crippen LogP contribution >= 0.6 is 23.2 Å². The molecule has 206 valence electrons. The molecular weight excluding hydrogens is 545 g/mol. The molecule has 3 aromatic rings. The average molecular weight is 574 g/mol. The lowest BCUT2D eigenvalue weighted by molar-refractivity contribution is -0.137. The Kier molecular flexibility index (Phi) is 10.6. The van der Waals surface area contributed by atoms with E-state index >= 15 is 0 Å². The summed E-state index contributed by atoms with van der Waals surface area (Å²) in [6.45, 7) is 1.85. The van der Waals surface area contributed by atoms with Crippen LogP contribution in [0.5, 0.6) is 17.2 Å². The van der Waals surface area contributed by atoms with Gasteiger partial charge in [-0.3, -0.25) is 4.79 Å². The fourth-order valence-electron chi connectivity index (χ4n) is 3.91. The van der Waals surface area contributed by atoms with Crippen molar-refractivity contribution in [1.82, 2.24) is 0 Å². The molecule has 3 aromatic carbocycles. The summed E-state index contributed by atoms with van der Waals surface area (Å²) in [7, 11) is 4.52. The van der Waals surface area contributed by atoms with E-state index in [1.165, 1.54) is 26.2 Å². The molecule has 0 aliphatic rings. The molecule has 1 atom stereocenters. The summed E-state index contributed by atoms with van der Waals surface area (Å²) >= 11 is 12.8. The summed E-state index contributed by atoms with van der Waals surface area (Å²) in [5.41, 5.74) is 1.65. The van der Waals surface area contributed by atoms with Crippen LogP contribution in [0.25, 0.3) is 0 Å². The number of ether oxygens (including phenoxy) is 4. The van der Waals surface area contributed by atoms with E-state index in [9.17, 15) is 14.7 Å². The maximum absolute atomic E-state index is 13.5. The van der Waals surface area contributed by atoms with Gasteiger partial charge in [-0.25, -0.2) is 4.79 Å². The quantitative estimate of drug-likeness (QED) is 0.230. The minimum atomic E-state index is -1.27. The Hall–Kier alpha value is -3.72. The molecule has 0 aliphatic carbocycles. The van der Waals surface area contributed by atoms with E-state index in [1.807, 2.05) is 0 Å². The molecule has 0 bridgehead atoms. The molecule has 0 fully saturated rings. The molecule has 3 rings (SSSR count). The summed E-state index contributed by atoms with van der Waals surface area (Å²) < 4.78 is 21.0. The Bertz CT molecular complexity index is 1360. The standard InChI is InChI=1S/C29H29Cl2NO7/c1-5-39-27(34)14-13-26(33)32(17-18-9-11-20(36-2)16-25(18)38-4)23-12-10-19(30)15-22(23)29(35)21-7-6-8-24(37-3)28(21)31/h6-16,29,35H,5,17H2,1-4H3. The van der Waals surface area contributed by atoms with Crippen molar-refractivity contribution in [2.24, 2.45) is 0 Å². The number of esters is 1. The normalized spacial score (nSPS) is 11.7. The average Bonchev–Trinajstić information content (AvgIpc) is 2.94. The van der Waals surface area contributed by atoms with Gasteiger partial charge in [0.2, 0.25) is 0 Å². The highest BCUT2D eigenvalue weighted by atomic mass is 35.5. The third-order valence-electron chi connectivity index (χ3n) is 5.82. The van der Waals surface area contributed by atoms with E-state index in [0.717, 1.165) is 12.2 Å². The molecule has 0 saturated carbocycles. The lowest BCUT2D eigenvalue weighted by Crippen LogP contribution is -2.30. The minimum Gasteiger partial charge on any atom is -0.497 e. The van der Waals surface area contributed by atoms with Crippen LogP contribution in [0.1, 0.15) is 29.7 Å². The van der Waals surface area contributed by atoms with E-state index in [1.54, 1.807) is 61.5 Å². The first kappa shape index (κ1) is 29.8. The molecule has 0 aliphatic heterocycles. The van der Waals surface area contributed by atoms with Crippen molar-refractivity contribution in [3.8, 4) is 17.2 Å². The second-order valence-corrected chi connectivity index (χ2v) is 8.97. The first-order valence-electron chi connectivity index (χ1n) is 11.9. The number of carbonyl (C=O) groups excluding carboxylic acids is 2. The fourth-order valence-corrected chi connectivity index (χ4v) is 4.40. The molecule has 1 N–H and O–H groups in total. The second-order valence-electron chi connectivity index (χ2n) is 8.16. The largest absolute Gasteiger partial charge is 0.497 e. The topological polar surface area (TPSA) is 94.5 Å². The molecule has 0 saturated heterocycles. The number of hydrogen-bond acceptors (Lipinski definition) is 7. The zero-order chi connectivity index (χ0) is 28.5. The zero-order valence-corrected chi connectivity index (χ0v) is 23.5. The Balaban J connectivity index is 2.15. The summed E-state index contributed by atoms with van der Waals surface area (Å²) in [5, 5.41) is 12.0. The van der Waals surface area contributed by atoms with E-state index in [4.69, 9.17) is 42.1 Å². The van der Waals surface area contributed by atoms with Crippen molar-refractivity contribution >= 4 is 40.8 Å². The van der Waals surface area contributed by atoms with Gasteiger partial charge < -0.3 is 29.0 Å². The maximum Gasteiger partial charge on any atom is 0.330 e. The van der Waals surface area contributed by atoms with Crippen LogP contribution < -0.4 is 19.1 Å². The van der Waals surface area contributed by atoms with E-state index in [-0.39, 0.29) is 18.2 Å². The number of anilines is 1. The number of nitrogens with zero attached hydrogens (tertiary/aromatic N) is 1. The van der Waals surface area contributed by atoms with Crippen molar-refractivity contribution < 1.29 is 33.6 Å². The Morgan fingerprint density at radius 1 is 0.923 bits per heavy atom. The Morgan fingerprint density at radius 3 is 2.33 bits per heavy atom. The minimum absolute atomic E-state index is 0.0202. The van der Waals surface area contributed by atoms with Crippen molar-refractivity contribution in [3.05, 3.63) is 93.5 Å². The summed E-state index contributed by atoms with van der Waals surface area (Å²) in [6.07, 6.45) is 0.884. The van der Waals surface area contributed by atoms with Crippen molar-refractivity contribution in [1.29, 1.82) is 0 Å². The lowest BCUT2D eigenvalue weighted by Gasteiger charge is -2.27. The smallest absolute Gasteiger partial charge is 0.330 e. The molecule has 1 unspecified atom stereocenters. The molecular formula is C29H29Cl2NO7. The van der Waals surface area contributed by atoms with Gasteiger partial charge in [-0.1, -0.05) is 35.3 Å². The van der Waals surface area contributed by atoms with Gasteiger partial charge in [-0.15, -0.1) is 0 Å². The van der Waals surface area contributed by atoms with Crippen molar-refractivity contribution in [2.45, 2.75) is 19.6 Å². The van der Waals surface area contributed by atoms with Crippen LogP contribution in [0.2, 0.25) is 10.0 Å². The summed E-state index contributed by atoms with van der Waals surface area (Å²) in [5.74, 6) is 0.227. The van der Waals surface area contributed by atoms with Crippen LogP contribution in [0, 0.1) is 0 Å². The number of aliphatic hydroxyl groups excluding tert-OH is 1. The predicted octanol–water partition coefficient (Wildman–Crippen LogP) is 5.75. The lowest BCUT2D eigenvalue weighted by atomic mass is 9.98. The number of aliphatic hydroxyl groups is 1. The third kappa shape index (κ3) is 7.23. The van der Waals surface area contributed by atoms with Crippen LogP contribution in [0.3, 0.4) is 0 Å². The highest BCUT2D eigenvalue weighted by Gasteiger charge is 2.26. The van der Waals surface area contributed by atoms with Crippen LogP contribution in [0.4, 0.5) is 5.69 Å².